The fourth-order valence-corrected chi connectivity index (χ4v) is 8.93. The van der Waals surface area contributed by atoms with Gasteiger partial charge in [0.1, 0.15) is 54.4 Å². The highest BCUT2D eigenvalue weighted by atomic mass is 16.3. The van der Waals surface area contributed by atoms with Crippen molar-refractivity contribution in [3.8, 4) is 0 Å². The zero-order chi connectivity index (χ0) is 70.3. The van der Waals surface area contributed by atoms with E-state index in [0.29, 0.717) is 31.4 Å². The predicted molar refractivity (Wildman–Crippen MR) is 347 cm³/mol. The number of unbranched alkanes of at least 4 members (excludes halogenated alkanes) is 2. The molecule has 0 spiro atoms. The number of benzene rings is 2. The van der Waals surface area contributed by atoms with Crippen LogP contribution in [0.1, 0.15) is 96.1 Å². The molecule has 0 aliphatic heterocycles. The average Bonchev–Trinajstić information content (AvgIpc) is 1.16. The van der Waals surface area contributed by atoms with Crippen LogP contribution in [0.4, 0.5) is 0 Å². The smallest absolute Gasteiger partial charge is 0.245 e. The zero-order valence-corrected chi connectivity index (χ0v) is 53.4. The Morgan fingerprint density at radius 2 is 0.809 bits per heavy atom. The van der Waals surface area contributed by atoms with Crippen molar-refractivity contribution < 1.29 is 67.7 Å². The summed E-state index contributed by atoms with van der Waals surface area (Å²) in [4.78, 5) is 169. The molecule has 0 aliphatic carbocycles. The minimum Gasteiger partial charge on any atom is -0.394 e. The molecule has 522 valence electrons. The predicted octanol–water partition coefficient (Wildman–Crippen LogP) is -8.34. The summed E-state index contributed by atoms with van der Waals surface area (Å²) in [5.74, 6) is -11.2. The number of aliphatic hydroxyl groups is 2. The van der Waals surface area contributed by atoms with Crippen molar-refractivity contribution in [2.45, 2.75) is 164 Å². The first-order chi connectivity index (χ1) is 44.6. The number of hydrogen-bond donors (Lipinski definition) is 21. The van der Waals surface area contributed by atoms with Crippen LogP contribution in [0.3, 0.4) is 0 Å². The number of nitrogens with zero attached hydrogens (tertiary/aromatic N) is 2. The van der Waals surface area contributed by atoms with E-state index in [1.54, 1.807) is 54.6 Å². The van der Waals surface area contributed by atoms with Crippen LogP contribution in [0.2, 0.25) is 0 Å². The number of carbonyl (C=O) groups is 12. The van der Waals surface area contributed by atoms with Crippen LogP contribution in [0.25, 0.3) is 0 Å². The Balaban J connectivity index is 2.20. The molecule has 2 aromatic carbocycles. The third kappa shape index (κ3) is 32.1. The molecule has 0 aliphatic rings. The van der Waals surface area contributed by atoms with E-state index in [1.165, 1.54) is 20.8 Å². The molecular weight excluding hydrogens is 1230 g/mol. The van der Waals surface area contributed by atoms with Crippen LogP contribution in [0.15, 0.2) is 70.6 Å². The van der Waals surface area contributed by atoms with Crippen LogP contribution in [-0.4, -0.2) is 205 Å². The van der Waals surface area contributed by atoms with E-state index in [2.05, 4.69) is 68.5 Å². The molecule has 35 nitrogen and oxygen atoms in total. The quantitative estimate of drug-likeness (QED) is 0.0166. The van der Waals surface area contributed by atoms with Crippen molar-refractivity contribution in [2.75, 3.05) is 45.9 Å². The summed E-state index contributed by atoms with van der Waals surface area (Å²) >= 11 is 0. The van der Waals surface area contributed by atoms with Gasteiger partial charge in [-0.3, -0.25) is 67.5 Å². The van der Waals surface area contributed by atoms with E-state index >= 15 is 0 Å². The molecule has 0 fully saturated rings. The molecule has 0 saturated heterocycles. The van der Waals surface area contributed by atoms with Gasteiger partial charge in [0.2, 0.25) is 70.9 Å². The second-order valence-electron chi connectivity index (χ2n) is 22.1. The van der Waals surface area contributed by atoms with E-state index in [-0.39, 0.29) is 89.3 Å². The Morgan fingerprint density at radius 1 is 0.426 bits per heavy atom. The Bertz CT molecular complexity index is 2850. The summed E-state index contributed by atoms with van der Waals surface area (Å²) in [7, 11) is 0. The number of hydrogen-bond acceptors (Lipinski definition) is 19. The molecule has 29 N–H and O–H groups in total. The molecule has 2 rings (SSSR count). The first-order valence-corrected chi connectivity index (χ1v) is 30.8. The summed E-state index contributed by atoms with van der Waals surface area (Å²) < 4.78 is 0. The van der Waals surface area contributed by atoms with Gasteiger partial charge in [0.15, 0.2) is 11.9 Å². The summed E-state index contributed by atoms with van der Waals surface area (Å²) in [5.41, 5.74) is 46.1. The van der Waals surface area contributed by atoms with E-state index < -0.39 is 157 Å². The second-order valence-corrected chi connectivity index (χ2v) is 22.1. The monoisotopic (exact) mass is 1320 g/mol. The van der Waals surface area contributed by atoms with Crippen molar-refractivity contribution in [3.05, 3.63) is 71.8 Å². The highest BCUT2D eigenvalue weighted by Crippen LogP contribution is 2.10. The molecule has 12 amide bonds. The molecule has 0 saturated carbocycles. The normalized spacial score (nSPS) is 14.4. The van der Waals surface area contributed by atoms with Crippen molar-refractivity contribution in [3.63, 3.8) is 0 Å². The standard InChI is InChI=1S/C59H97N21O14/c1-33(72-45(83)30-71-57(94)47(35(3)82)80-55(92)43(29-37-18-8-5-9-19-37)74-46(84)31-70-51(88)38(62)28-36-16-6-4-7-17-36)49(86)76-42(23-15-27-69-59(66)67)53(90)78-40(21-11-13-25-61)54(91)79-44(32-81)56(93)73-34(2)50(87)77-41(22-14-26-68-58(64)65)52(89)75-39(48(63)85)20-10-12-24-60/h4-9,16-19,33-35,38-44,47,81-82H,10-15,20-32,60-62H2,1-3H3,(H2,63,85)(H,70,88)(H,71,94)(H,72,83)(H,73,93)(H,74,84)(H,75,89)(H,76,86)(H,77,87)(H,78,90)(H,79,91)(H,80,92)(H4,64,65,68)(H4,66,67,69)/t33-,34-,35+,38-,39-,40-,41-,42-,43-,44+,47-/m0/s1. The van der Waals surface area contributed by atoms with Gasteiger partial charge in [-0.1, -0.05) is 60.7 Å². The van der Waals surface area contributed by atoms with Gasteiger partial charge in [-0.2, -0.15) is 0 Å². The molecule has 0 heterocycles. The maximum absolute atomic E-state index is 14.1. The first-order valence-electron chi connectivity index (χ1n) is 30.8. The van der Waals surface area contributed by atoms with Crippen LogP contribution in [0, 0.1) is 0 Å². The Hall–Kier alpha value is -9.58. The van der Waals surface area contributed by atoms with Crippen LogP contribution < -0.4 is 104 Å². The summed E-state index contributed by atoms with van der Waals surface area (Å²) in [6, 6.07) is 3.66. The van der Waals surface area contributed by atoms with Crippen LogP contribution in [-0.2, 0) is 70.4 Å². The average molecular weight is 1320 g/mol. The molecule has 0 unspecified atom stereocenters. The van der Waals surface area contributed by atoms with E-state index in [9.17, 15) is 67.7 Å². The highest BCUT2D eigenvalue weighted by Gasteiger charge is 2.34. The molecule has 0 aromatic heterocycles. The van der Waals surface area contributed by atoms with Crippen LogP contribution >= 0.6 is 0 Å². The van der Waals surface area contributed by atoms with E-state index in [1.807, 2.05) is 6.07 Å². The zero-order valence-electron chi connectivity index (χ0n) is 53.4. The lowest BCUT2D eigenvalue weighted by molar-refractivity contribution is -0.136. The third-order valence-electron chi connectivity index (χ3n) is 14.2. The van der Waals surface area contributed by atoms with Gasteiger partial charge in [0, 0.05) is 19.5 Å². The Morgan fingerprint density at radius 3 is 1.26 bits per heavy atom. The van der Waals surface area contributed by atoms with Gasteiger partial charge in [0.05, 0.1) is 31.8 Å². The molecule has 94 heavy (non-hydrogen) atoms. The fourth-order valence-electron chi connectivity index (χ4n) is 8.93. The molecule has 0 bridgehead atoms. The third-order valence-corrected chi connectivity index (χ3v) is 14.2. The summed E-state index contributed by atoms with van der Waals surface area (Å²) in [6.07, 6.45) is 0.360. The number of carbonyl (C=O) groups excluding carboxylic acids is 12. The van der Waals surface area contributed by atoms with Crippen molar-refractivity contribution >= 4 is 82.8 Å². The number of aliphatic hydroxyl groups excluding tert-OH is 2. The number of nitrogens with two attached hydrogens (primary N) is 8. The minimum absolute atomic E-state index is 0.0157. The molecular formula is C59H97N21O14. The first kappa shape index (κ1) is 80.5. The molecule has 2 aromatic rings. The second kappa shape index (κ2) is 44.1. The van der Waals surface area contributed by atoms with Gasteiger partial charge in [0.25, 0.3) is 0 Å². The number of primary amides is 1. The van der Waals surface area contributed by atoms with Gasteiger partial charge >= 0.3 is 0 Å². The van der Waals surface area contributed by atoms with Crippen molar-refractivity contribution in [2.24, 2.45) is 55.9 Å². The topological polar surface area (TPSA) is 611 Å². The minimum atomic E-state index is -1.72. The lowest BCUT2D eigenvalue weighted by atomic mass is 10.0. The van der Waals surface area contributed by atoms with Gasteiger partial charge < -0.3 is 115 Å². The molecule has 11 atom stereocenters. The number of guanidine groups is 2. The summed E-state index contributed by atoms with van der Waals surface area (Å²) in [6.45, 7) is 1.90. The maximum Gasteiger partial charge on any atom is 0.245 e. The van der Waals surface area contributed by atoms with Gasteiger partial charge in [-0.25, -0.2) is 0 Å². The van der Waals surface area contributed by atoms with Crippen LogP contribution in [0.5, 0.6) is 0 Å². The number of amides is 12. The molecule has 35 heteroatoms. The van der Waals surface area contributed by atoms with Gasteiger partial charge in [-0.05, 0) is 116 Å². The van der Waals surface area contributed by atoms with Crippen molar-refractivity contribution in [1.29, 1.82) is 0 Å². The van der Waals surface area contributed by atoms with E-state index in [4.69, 9.17) is 45.9 Å². The highest BCUT2D eigenvalue weighted by molar-refractivity contribution is 5.99. The number of aliphatic imine (C=N–C) groups is 2. The van der Waals surface area contributed by atoms with E-state index in [0.717, 1.165) is 5.56 Å². The Kier molecular flexibility index (Phi) is 37.7. The number of rotatable bonds is 45. The lowest BCUT2D eigenvalue weighted by Crippen LogP contribution is -2.60. The maximum atomic E-state index is 14.1. The SMILES string of the molecule is C[C@H](NC(=O)CNC(=O)[C@@H](NC(=O)[C@H](Cc1ccccc1)NC(=O)CNC(=O)[C@@H](N)Cc1ccccc1)[C@@H](C)O)C(=O)N[C@@H](CCCN=C(N)N)C(=O)N[C@@H](CCCCN)C(=O)N[C@H](CO)C(=O)N[C@@H](C)C(=O)N[C@@H](CCCN=C(N)N)C(=O)N[C@@H](CCCCN)C(N)=O. The lowest BCUT2D eigenvalue weighted by Gasteiger charge is -2.26. The van der Waals surface area contributed by atoms with Crippen molar-refractivity contribution in [1.82, 2.24) is 58.5 Å². The Labute approximate surface area is 545 Å². The summed E-state index contributed by atoms with van der Waals surface area (Å²) in [5, 5.41) is 47.9. The molecule has 0 radical (unpaired) electrons. The van der Waals surface area contributed by atoms with Gasteiger partial charge in [-0.15, -0.1) is 0 Å². The largest absolute Gasteiger partial charge is 0.394 e. The number of nitrogens with one attached hydrogen (secondary N) is 11. The fraction of sp³-hybridized carbons (Fsp3) is 0.559.